The van der Waals surface area contributed by atoms with Crippen LogP contribution in [-0.4, -0.2) is 52.7 Å². The maximum atomic E-state index is 12.5. The molecule has 0 saturated heterocycles. The summed E-state index contributed by atoms with van der Waals surface area (Å²) in [7, 11) is 6.34. The summed E-state index contributed by atoms with van der Waals surface area (Å²) in [4.78, 5) is 17.8. The van der Waals surface area contributed by atoms with Crippen molar-refractivity contribution >= 4 is 11.6 Å². The van der Waals surface area contributed by atoms with E-state index in [4.69, 9.17) is 23.8 Å². The Hall–Kier alpha value is -3.42. The minimum absolute atomic E-state index is 0.199. The van der Waals surface area contributed by atoms with E-state index < -0.39 is 6.10 Å². The molecule has 0 saturated carbocycles. The van der Waals surface area contributed by atoms with Gasteiger partial charge in [0.25, 0.3) is 5.91 Å². The highest BCUT2D eigenvalue weighted by atomic mass is 16.6. The van der Waals surface area contributed by atoms with Crippen LogP contribution in [0.5, 0.6) is 23.0 Å². The molecule has 1 aliphatic rings. The summed E-state index contributed by atoms with van der Waals surface area (Å²) in [6.07, 6.45) is 0.387. The molecular weight excluding hydrogens is 388 g/mol. The van der Waals surface area contributed by atoms with E-state index in [9.17, 15) is 4.79 Å². The molecule has 0 spiro atoms. The predicted octanol–water partition coefficient (Wildman–Crippen LogP) is 2.57. The average Bonchev–Trinajstić information content (AvgIpc) is 3.28. The number of oxime groups is 1. The first kappa shape index (κ1) is 21.3. The molecular formula is C22H26N2O6. The summed E-state index contributed by atoms with van der Waals surface area (Å²) >= 11 is 0. The van der Waals surface area contributed by atoms with E-state index in [1.165, 1.54) is 0 Å². The van der Waals surface area contributed by atoms with Gasteiger partial charge in [-0.2, -0.15) is 0 Å². The predicted molar refractivity (Wildman–Crippen MR) is 112 cm³/mol. The van der Waals surface area contributed by atoms with Crippen molar-refractivity contribution in [2.45, 2.75) is 18.9 Å². The lowest BCUT2D eigenvalue weighted by atomic mass is 10.0. The van der Waals surface area contributed by atoms with Crippen molar-refractivity contribution < 1.29 is 28.6 Å². The molecule has 0 fully saturated rings. The number of carbonyl (C=O) groups is 1. The van der Waals surface area contributed by atoms with Gasteiger partial charge in [0, 0.05) is 18.5 Å². The molecule has 1 atom stereocenters. The van der Waals surface area contributed by atoms with Gasteiger partial charge in [-0.15, -0.1) is 0 Å². The zero-order valence-electron chi connectivity index (χ0n) is 17.6. The van der Waals surface area contributed by atoms with Crippen LogP contribution in [0.25, 0.3) is 0 Å². The molecule has 2 aromatic rings. The third-order valence-corrected chi connectivity index (χ3v) is 4.84. The second-order valence-corrected chi connectivity index (χ2v) is 6.64. The van der Waals surface area contributed by atoms with Crippen LogP contribution in [0.15, 0.2) is 41.6 Å². The lowest BCUT2D eigenvalue weighted by molar-refractivity contribution is -0.131. The maximum Gasteiger partial charge on any atom is 0.264 e. The Morgan fingerprint density at radius 2 is 1.60 bits per heavy atom. The Bertz CT molecular complexity index is 928. The summed E-state index contributed by atoms with van der Waals surface area (Å²) in [6, 6.07) is 11.2. The van der Waals surface area contributed by atoms with Crippen molar-refractivity contribution in [3.63, 3.8) is 0 Å². The Morgan fingerprint density at radius 3 is 2.27 bits per heavy atom. The lowest BCUT2D eigenvalue weighted by Crippen LogP contribution is -2.36. The number of rotatable bonds is 9. The highest BCUT2D eigenvalue weighted by Crippen LogP contribution is 2.30. The van der Waals surface area contributed by atoms with E-state index in [1.807, 2.05) is 30.3 Å². The number of nitrogens with one attached hydrogen (secondary N) is 1. The van der Waals surface area contributed by atoms with Crippen LogP contribution in [0.3, 0.4) is 0 Å². The van der Waals surface area contributed by atoms with Gasteiger partial charge in [0.05, 0.1) is 34.2 Å². The van der Waals surface area contributed by atoms with Crippen LogP contribution in [0, 0.1) is 0 Å². The topological polar surface area (TPSA) is 87.6 Å². The van der Waals surface area contributed by atoms with Crippen LogP contribution in [-0.2, 0) is 16.1 Å². The van der Waals surface area contributed by atoms with Gasteiger partial charge in [0.1, 0.15) is 0 Å². The van der Waals surface area contributed by atoms with Crippen molar-refractivity contribution in [2.75, 3.05) is 35.0 Å². The third kappa shape index (κ3) is 4.76. The van der Waals surface area contributed by atoms with Gasteiger partial charge >= 0.3 is 0 Å². The number of nitrogens with zero attached hydrogens (tertiary/aromatic N) is 1. The fourth-order valence-corrected chi connectivity index (χ4v) is 3.18. The molecule has 2 aromatic carbocycles. The molecule has 8 heteroatoms. The van der Waals surface area contributed by atoms with E-state index >= 15 is 0 Å². The van der Waals surface area contributed by atoms with Gasteiger partial charge in [-0.3, -0.25) is 4.79 Å². The number of carbonyl (C=O) groups excluding carboxylic acids is 1. The van der Waals surface area contributed by atoms with Crippen LogP contribution in [0.1, 0.15) is 17.5 Å². The first-order chi connectivity index (χ1) is 14.6. The SMILES string of the molecule is COc1ccc(CCNC(=O)C2CC(c3ccc(OC)c(OC)c3)=NO2)cc1OC. The summed E-state index contributed by atoms with van der Waals surface area (Å²) in [5.41, 5.74) is 2.55. The maximum absolute atomic E-state index is 12.5. The standard InChI is InChI=1S/C22H26N2O6/c1-26-17-7-5-14(11-19(17)28-3)9-10-23-22(25)21-13-16(24-30-21)15-6-8-18(27-2)20(12-15)29-4/h5-8,11-12,21H,9-10,13H2,1-4H3,(H,23,25). The van der Waals surface area contributed by atoms with Crippen LogP contribution >= 0.6 is 0 Å². The van der Waals surface area contributed by atoms with Crippen LogP contribution in [0.2, 0.25) is 0 Å². The molecule has 1 heterocycles. The summed E-state index contributed by atoms with van der Waals surface area (Å²) in [6.45, 7) is 0.472. The monoisotopic (exact) mass is 414 g/mol. The van der Waals surface area contributed by atoms with Crippen molar-refractivity contribution in [1.29, 1.82) is 0 Å². The smallest absolute Gasteiger partial charge is 0.264 e. The van der Waals surface area contributed by atoms with Crippen molar-refractivity contribution in [2.24, 2.45) is 5.16 Å². The minimum atomic E-state index is -0.654. The Morgan fingerprint density at radius 1 is 0.967 bits per heavy atom. The molecule has 1 N–H and O–H groups in total. The van der Waals surface area contributed by atoms with Gasteiger partial charge in [-0.05, 0) is 42.3 Å². The van der Waals surface area contributed by atoms with Crippen molar-refractivity contribution in [3.05, 3.63) is 47.5 Å². The lowest BCUT2D eigenvalue weighted by Gasteiger charge is -2.12. The van der Waals surface area contributed by atoms with Crippen LogP contribution < -0.4 is 24.3 Å². The highest BCUT2D eigenvalue weighted by Gasteiger charge is 2.29. The fourth-order valence-electron chi connectivity index (χ4n) is 3.18. The summed E-state index contributed by atoms with van der Waals surface area (Å²) < 4.78 is 21.1. The zero-order chi connectivity index (χ0) is 21.5. The number of amides is 1. The number of hydrogen-bond donors (Lipinski definition) is 1. The number of methoxy groups -OCH3 is 4. The molecule has 1 unspecified atom stereocenters. The third-order valence-electron chi connectivity index (χ3n) is 4.84. The number of ether oxygens (including phenoxy) is 4. The molecule has 160 valence electrons. The first-order valence-corrected chi connectivity index (χ1v) is 9.53. The summed E-state index contributed by atoms with van der Waals surface area (Å²) in [5.74, 6) is 2.36. The van der Waals surface area contributed by atoms with Gasteiger partial charge in [0.2, 0.25) is 6.10 Å². The van der Waals surface area contributed by atoms with Gasteiger partial charge in [0.15, 0.2) is 23.0 Å². The molecule has 30 heavy (non-hydrogen) atoms. The molecule has 1 aliphatic heterocycles. The molecule has 8 nitrogen and oxygen atoms in total. The number of benzene rings is 2. The Balaban J connectivity index is 1.52. The normalized spacial score (nSPS) is 15.1. The molecule has 0 bridgehead atoms. The molecule has 0 radical (unpaired) electrons. The average molecular weight is 414 g/mol. The van der Waals surface area contributed by atoms with E-state index in [-0.39, 0.29) is 5.91 Å². The quantitative estimate of drug-likeness (QED) is 0.679. The Kier molecular flexibility index (Phi) is 7.00. The second kappa shape index (κ2) is 9.87. The zero-order valence-corrected chi connectivity index (χ0v) is 17.6. The molecule has 0 aromatic heterocycles. The van der Waals surface area contributed by atoms with E-state index in [1.54, 1.807) is 34.5 Å². The van der Waals surface area contributed by atoms with E-state index in [2.05, 4.69) is 10.5 Å². The molecule has 1 amide bonds. The molecule has 3 rings (SSSR count). The van der Waals surface area contributed by atoms with E-state index in [0.29, 0.717) is 48.1 Å². The van der Waals surface area contributed by atoms with Crippen molar-refractivity contribution in [3.8, 4) is 23.0 Å². The number of hydrogen-bond acceptors (Lipinski definition) is 7. The second-order valence-electron chi connectivity index (χ2n) is 6.64. The fraction of sp³-hybridized carbons (Fsp3) is 0.364. The van der Waals surface area contributed by atoms with Gasteiger partial charge in [-0.25, -0.2) is 0 Å². The minimum Gasteiger partial charge on any atom is -0.493 e. The van der Waals surface area contributed by atoms with Crippen molar-refractivity contribution in [1.82, 2.24) is 5.32 Å². The highest BCUT2D eigenvalue weighted by molar-refractivity contribution is 6.04. The van der Waals surface area contributed by atoms with Crippen LogP contribution in [0.4, 0.5) is 0 Å². The van der Waals surface area contributed by atoms with Gasteiger partial charge < -0.3 is 29.1 Å². The molecule has 0 aliphatic carbocycles. The largest absolute Gasteiger partial charge is 0.493 e. The Labute approximate surface area is 175 Å². The first-order valence-electron chi connectivity index (χ1n) is 9.53. The van der Waals surface area contributed by atoms with Gasteiger partial charge in [-0.1, -0.05) is 11.2 Å². The summed E-state index contributed by atoms with van der Waals surface area (Å²) in [5, 5.41) is 6.97. The van der Waals surface area contributed by atoms with E-state index in [0.717, 1.165) is 11.1 Å².